The molecule has 1 aliphatic rings. The molecule has 0 spiro atoms. The van der Waals surface area contributed by atoms with E-state index in [-0.39, 0.29) is 29.7 Å². The van der Waals surface area contributed by atoms with Gasteiger partial charge in [-0.3, -0.25) is 9.59 Å². The Kier molecular flexibility index (Phi) is 6.46. The molecule has 2 N–H and O–H groups in total. The molecule has 23 heavy (non-hydrogen) atoms. The smallest absolute Gasteiger partial charge is 0.227 e. The summed E-state index contributed by atoms with van der Waals surface area (Å²) in [4.78, 5) is 24.5. The van der Waals surface area contributed by atoms with E-state index < -0.39 is 0 Å². The van der Waals surface area contributed by atoms with E-state index in [4.69, 9.17) is 11.6 Å². The number of hydrogen-bond acceptors (Lipinski definition) is 2. The molecule has 1 aliphatic carbocycles. The van der Waals surface area contributed by atoms with Crippen LogP contribution in [0.1, 0.15) is 46.0 Å². The molecule has 126 valence electrons. The lowest BCUT2D eigenvalue weighted by Gasteiger charge is -2.28. The topological polar surface area (TPSA) is 58.2 Å². The highest BCUT2D eigenvalue weighted by atomic mass is 35.5. The molecule has 1 atom stereocenters. The molecule has 1 saturated carbocycles. The predicted octanol–water partition coefficient (Wildman–Crippen LogP) is 4.00. The van der Waals surface area contributed by atoms with Gasteiger partial charge in [-0.1, -0.05) is 30.7 Å². The number of carbonyl (C=O) groups excluding carboxylic acids is 2. The Morgan fingerprint density at radius 2 is 1.70 bits per heavy atom. The number of benzene rings is 1. The van der Waals surface area contributed by atoms with E-state index in [0.29, 0.717) is 10.7 Å². The summed E-state index contributed by atoms with van der Waals surface area (Å²) in [6.45, 7) is 4.07. The summed E-state index contributed by atoms with van der Waals surface area (Å²) in [7, 11) is 0. The van der Waals surface area contributed by atoms with Crippen LogP contribution in [0.15, 0.2) is 24.3 Å². The highest BCUT2D eigenvalue weighted by molar-refractivity contribution is 6.33. The summed E-state index contributed by atoms with van der Waals surface area (Å²) in [5, 5.41) is 6.47. The molecule has 1 aromatic carbocycles. The van der Waals surface area contributed by atoms with Crippen molar-refractivity contribution in [1.82, 2.24) is 5.32 Å². The molecule has 5 heteroatoms. The molecule has 4 nitrogen and oxygen atoms in total. The second-order valence-electron chi connectivity index (χ2n) is 6.34. The third-order valence-corrected chi connectivity index (χ3v) is 4.93. The van der Waals surface area contributed by atoms with Crippen molar-refractivity contribution < 1.29 is 9.59 Å². The number of amides is 2. The van der Waals surface area contributed by atoms with Crippen LogP contribution in [0.5, 0.6) is 0 Å². The number of carbonyl (C=O) groups is 2. The number of nitrogens with one attached hydrogen (secondary N) is 2. The van der Waals surface area contributed by atoms with Gasteiger partial charge < -0.3 is 10.6 Å². The van der Waals surface area contributed by atoms with E-state index in [9.17, 15) is 9.59 Å². The zero-order valence-corrected chi connectivity index (χ0v) is 14.5. The molecule has 1 unspecified atom stereocenters. The zero-order valence-electron chi connectivity index (χ0n) is 13.8. The standard InChI is InChI=1S/C18H25ClN2O2/c1-3-12(2)20-17(22)13-8-10-14(11-9-13)18(23)21-16-7-5-4-6-15(16)19/h4-7,12-14H,3,8-11H2,1-2H3,(H,20,22)(H,21,23). The lowest BCUT2D eigenvalue weighted by molar-refractivity contribution is -0.129. The highest BCUT2D eigenvalue weighted by Gasteiger charge is 2.30. The van der Waals surface area contributed by atoms with Crippen molar-refractivity contribution in [2.45, 2.75) is 52.0 Å². The fraction of sp³-hybridized carbons (Fsp3) is 0.556. The first kappa shape index (κ1) is 17.8. The molecule has 0 saturated heterocycles. The largest absolute Gasteiger partial charge is 0.353 e. The summed E-state index contributed by atoms with van der Waals surface area (Å²) in [6.07, 6.45) is 3.96. The van der Waals surface area contributed by atoms with Gasteiger partial charge >= 0.3 is 0 Å². The molecule has 0 radical (unpaired) electrons. The first-order chi connectivity index (χ1) is 11.0. The second kappa shape index (κ2) is 8.34. The molecule has 0 bridgehead atoms. The minimum Gasteiger partial charge on any atom is -0.353 e. The van der Waals surface area contributed by atoms with Crippen molar-refractivity contribution in [3.05, 3.63) is 29.3 Å². The lowest BCUT2D eigenvalue weighted by atomic mass is 9.81. The van der Waals surface area contributed by atoms with E-state index in [0.717, 1.165) is 32.1 Å². The summed E-state index contributed by atoms with van der Waals surface area (Å²) in [5.74, 6) is 0.121. The number of anilines is 1. The Hall–Kier alpha value is -1.55. The maximum absolute atomic E-state index is 12.4. The number of halogens is 1. The van der Waals surface area contributed by atoms with Crippen molar-refractivity contribution in [3.63, 3.8) is 0 Å². The van der Waals surface area contributed by atoms with Gasteiger partial charge in [0.15, 0.2) is 0 Å². The van der Waals surface area contributed by atoms with Crippen molar-refractivity contribution in [2.75, 3.05) is 5.32 Å². The Bertz CT molecular complexity index is 554. The Labute approximate surface area is 143 Å². The maximum Gasteiger partial charge on any atom is 0.227 e. The predicted molar refractivity (Wildman–Crippen MR) is 93.4 cm³/mol. The van der Waals surface area contributed by atoms with Crippen molar-refractivity contribution >= 4 is 29.1 Å². The van der Waals surface area contributed by atoms with E-state index in [2.05, 4.69) is 17.6 Å². The van der Waals surface area contributed by atoms with Crippen molar-refractivity contribution in [3.8, 4) is 0 Å². The molecule has 2 amide bonds. The average molecular weight is 337 g/mol. The molecule has 0 aromatic heterocycles. The van der Waals surface area contributed by atoms with Gasteiger partial charge in [0.05, 0.1) is 10.7 Å². The third-order valence-electron chi connectivity index (χ3n) is 4.60. The summed E-state index contributed by atoms with van der Waals surface area (Å²) in [5.41, 5.74) is 0.649. The van der Waals surface area contributed by atoms with E-state index >= 15 is 0 Å². The Balaban J connectivity index is 1.83. The van der Waals surface area contributed by atoms with E-state index in [1.165, 1.54) is 0 Å². The Morgan fingerprint density at radius 3 is 2.26 bits per heavy atom. The average Bonchev–Trinajstić information content (AvgIpc) is 2.56. The zero-order chi connectivity index (χ0) is 16.8. The van der Waals surface area contributed by atoms with Crippen LogP contribution in [0.3, 0.4) is 0 Å². The number of hydrogen-bond donors (Lipinski definition) is 2. The molecule has 1 fully saturated rings. The molecule has 2 rings (SSSR count). The first-order valence-electron chi connectivity index (χ1n) is 8.37. The SMILES string of the molecule is CCC(C)NC(=O)C1CCC(C(=O)Nc2ccccc2Cl)CC1. The van der Waals surface area contributed by atoms with Crippen LogP contribution >= 0.6 is 11.6 Å². The van der Waals surface area contributed by atoms with E-state index in [1.54, 1.807) is 12.1 Å². The van der Waals surface area contributed by atoms with Crippen LogP contribution in [0.2, 0.25) is 5.02 Å². The van der Waals surface area contributed by atoms with Gasteiger partial charge in [0.1, 0.15) is 0 Å². The van der Waals surface area contributed by atoms with Gasteiger partial charge in [-0.05, 0) is 51.2 Å². The van der Waals surface area contributed by atoms with Gasteiger partial charge in [0.25, 0.3) is 0 Å². The molecular formula is C18H25ClN2O2. The van der Waals surface area contributed by atoms with E-state index in [1.807, 2.05) is 19.1 Å². The normalized spacial score (nSPS) is 22.2. The minimum absolute atomic E-state index is 0.00103. The first-order valence-corrected chi connectivity index (χ1v) is 8.74. The summed E-state index contributed by atoms with van der Waals surface area (Å²) in [6, 6.07) is 7.44. The summed E-state index contributed by atoms with van der Waals surface area (Å²) >= 11 is 6.07. The quantitative estimate of drug-likeness (QED) is 0.853. The fourth-order valence-electron chi connectivity index (χ4n) is 2.88. The molecule has 0 heterocycles. The number of rotatable bonds is 5. The molecular weight excluding hydrogens is 312 g/mol. The van der Waals surface area contributed by atoms with Crippen LogP contribution in [0.4, 0.5) is 5.69 Å². The maximum atomic E-state index is 12.4. The van der Waals surface area contributed by atoms with Gasteiger partial charge in [0.2, 0.25) is 11.8 Å². The number of para-hydroxylation sites is 1. The van der Waals surface area contributed by atoms with Gasteiger partial charge in [0, 0.05) is 17.9 Å². The van der Waals surface area contributed by atoms with Gasteiger partial charge in [-0.15, -0.1) is 0 Å². The van der Waals surface area contributed by atoms with Crippen molar-refractivity contribution in [1.29, 1.82) is 0 Å². The lowest BCUT2D eigenvalue weighted by Crippen LogP contribution is -2.39. The monoisotopic (exact) mass is 336 g/mol. The fourth-order valence-corrected chi connectivity index (χ4v) is 3.06. The highest BCUT2D eigenvalue weighted by Crippen LogP contribution is 2.31. The molecule has 0 aliphatic heterocycles. The van der Waals surface area contributed by atoms with Gasteiger partial charge in [-0.2, -0.15) is 0 Å². The van der Waals surface area contributed by atoms with Crippen LogP contribution in [-0.2, 0) is 9.59 Å². The molecule has 1 aromatic rings. The van der Waals surface area contributed by atoms with Crippen LogP contribution in [0, 0.1) is 11.8 Å². The Morgan fingerprint density at radius 1 is 1.13 bits per heavy atom. The third kappa shape index (κ3) is 4.96. The second-order valence-corrected chi connectivity index (χ2v) is 6.74. The van der Waals surface area contributed by atoms with Crippen molar-refractivity contribution in [2.24, 2.45) is 11.8 Å². The summed E-state index contributed by atoms with van der Waals surface area (Å²) < 4.78 is 0. The van der Waals surface area contributed by atoms with Crippen LogP contribution in [0.25, 0.3) is 0 Å². The minimum atomic E-state index is -0.0427. The van der Waals surface area contributed by atoms with Crippen LogP contribution in [-0.4, -0.2) is 17.9 Å². The van der Waals surface area contributed by atoms with Gasteiger partial charge in [-0.25, -0.2) is 0 Å². The van der Waals surface area contributed by atoms with Crippen LogP contribution < -0.4 is 10.6 Å².